The highest BCUT2D eigenvalue weighted by Crippen LogP contribution is 2.41. The van der Waals surface area contributed by atoms with Gasteiger partial charge < -0.3 is 10.6 Å². The number of nitrogens with one attached hydrogen (secondary N) is 2. The fourth-order valence-corrected chi connectivity index (χ4v) is 3.31. The van der Waals surface area contributed by atoms with Gasteiger partial charge in [0, 0.05) is 24.0 Å². The van der Waals surface area contributed by atoms with Crippen molar-refractivity contribution in [3.8, 4) is 0 Å². The number of hydrogen-bond donors (Lipinski definition) is 2. The molecule has 0 radical (unpaired) electrons. The molecule has 96 valence electrons. The number of carbonyl (C=O) groups is 1. The monoisotopic (exact) mass is 282 g/mol. The Hall–Kier alpha value is -0.710. The van der Waals surface area contributed by atoms with Crippen LogP contribution in [-0.4, -0.2) is 31.3 Å². The number of amides is 1. The van der Waals surface area contributed by atoms with Gasteiger partial charge in [0.2, 0.25) is 0 Å². The molecule has 18 heavy (non-hydrogen) atoms. The van der Waals surface area contributed by atoms with Crippen molar-refractivity contribution in [1.29, 1.82) is 0 Å². The van der Waals surface area contributed by atoms with E-state index in [0.717, 1.165) is 18.0 Å². The lowest BCUT2D eigenvalue weighted by molar-refractivity contribution is 0.0946. The van der Waals surface area contributed by atoms with Crippen molar-refractivity contribution in [2.75, 3.05) is 19.3 Å². The quantitative estimate of drug-likeness (QED) is 0.834. The molecule has 0 bridgehead atoms. The Morgan fingerprint density at radius 2 is 2.17 bits per heavy atom. The minimum atomic E-state index is -0.0460. The Morgan fingerprint density at radius 3 is 2.83 bits per heavy atom. The molecule has 3 rings (SSSR count). The maximum atomic E-state index is 12.2. The van der Waals surface area contributed by atoms with Crippen LogP contribution in [0.1, 0.15) is 10.4 Å². The highest BCUT2D eigenvalue weighted by Gasteiger charge is 2.53. The first-order chi connectivity index (χ1) is 8.70. The predicted octanol–water partition coefficient (Wildman–Crippen LogP) is 2.01. The van der Waals surface area contributed by atoms with Crippen LogP contribution in [0, 0.1) is 11.8 Å². The van der Waals surface area contributed by atoms with E-state index in [-0.39, 0.29) is 5.91 Å². The fourth-order valence-electron chi connectivity index (χ4n) is 2.67. The molecule has 1 aliphatic carbocycles. The zero-order chi connectivity index (χ0) is 12.7. The number of piperidine rings is 1. The summed E-state index contributed by atoms with van der Waals surface area (Å²) in [7, 11) is 0. The number of carbonyl (C=O) groups excluding carboxylic acids is 1. The van der Waals surface area contributed by atoms with E-state index in [4.69, 9.17) is 11.6 Å². The first-order valence-electron chi connectivity index (χ1n) is 6.06. The number of halogens is 1. The third kappa shape index (κ3) is 2.13. The molecule has 0 spiro atoms. The third-order valence-corrected chi connectivity index (χ3v) is 4.86. The number of thioether (sulfide) groups is 1. The minimum Gasteiger partial charge on any atom is -0.349 e. The largest absolute Gasteiger partial charge is 0.349 e. The molecule has 1 aliphatic heterocycles. The van der Waals surface area contributed by atoms with Gasteiger partial charge >= 0.3 is 0 Å². The second kappa shape index (κ2) is 4.76. The van der Waals surface area contributed by atoms with Gasteiger partial charge in [-0.2, -0.15) is 0 Å². The van der Waals surface area contributed by atoms with Crippen molar-refractivity contribution in [2.45, 2.75) is 10.9 Å². The Balaban J connectivity index is 1.72. The number of benzene rings is 1. The summed E-state index contributed by atoms with van der Waals surface area (Å²) in [4.78, 5) is 13.2. The molecule has 2 atom stereocenters. The van der Waals surface area contributed by atoms with E-state index in [1.165, 1.54) is 0 Å². The number of rotatable bonds is 3. The van der Waals surface area contributed by atoms with Gasteiger partial charge in [-0.05, 0) is 36.3 Å². The normalized spacial score (nSPS) is 28.9. The van der Waals surface area contributed by atoms with Gasteiger partial charge in [-0.25, -0.2) is 0 Å². The molecular weight excluding hydrogens is 268 g/mol. The van der Waals surface area contributed by atoms with E-state index >= 15 is 0 Å². The topological polar surface area (TPSA) is 41.1 Å². The van der Waals surface area contributed by atoms with Crippen LogP contribution in [0.25, 0.3) is 0 Å². The minimum absolute atomic E-state index is 0.0460. The van der Waals surface area contributed by atoms with Gasteiger partial charge in [0.05, 0.1) is 10.6 Å². The van der Waals surface area contributed by atoms with Gasteiger partial charge in [0.15, 0.2) is 0 Å². The summed E-state index contributed by atoms with van der Waals surface area (Å²) >= 11 is 7.70. The van der Waals surface area contributed by atoms with Gasteiger partial charge in [-0.3, -0.25) is 4.79 Å². The highest BCUT2D eigenvalue weighted by molar-refractivity contribution is 7.98. The lowest BCUT2D eigenvalue weighted by Gasteiger charge is -2.09. The molecule has 5 heteroatoms. The standard InChI is InChI=1S/C13H15ClN2OS/c1-18-7-2-3-11(14)8(4-7)13(17)16-12-9-5-15-6-10(9)12/h2-4,9-10,12,15H,5-6H2,1H3,(H,16,17). The molecule has 1 saturated heterocycles. The lowest BCUT2D eigenvalue weighted by atomic mass is 10.2. The molecule has 1 heterocycles. The summed E-state index contributed by atoms with van der Waals surface area (Å²) in [6, 6.07) is 5.92. The molecule has 1 amide bonds. The molecular formula is C13H15ClN2OS. The van der Waals surface area contributed by atoms with E-state index < -0.39 is 0 Å². The first-order valence-corrected chi connectivity index (χ1v) is 7.66. The molecule has 0 aromatic heterocycles. The van der Waals surface area contributed by atoms with Crippen LogP contribution in [0.5, 0.6) is 0 Å². The van der Waals surface area contributed by atoms with Gasteiger partial charge in [-0.15, -0.1) is 11.8 Å². The molecule has 1 aromatic carbocycles. The Morgan fingerprint density at radius 1 is 1.44 bits per heavy atom. The van der Waals surface area contributed by atoms with Crippen LogP contribution in [0.3, 0.4) is 0 Å². The van der Waals surface area contributed by atoms with Crippen molar-refractivity contribution in [2.24, 2.45) is 11.8 Å². The van der Waals surface area contributed by atoms with E-state index in [2.05, 4.69) is 10.6 Å². The summed E-state index contributed by atoms with van der Waals surface area (Å²) in [5.74, 6) is 1.20. The highest BCUT2D eigenvalue weighted by atomic mass is 35.5. The van der Waals surface area contributed by atoms with Crippen molar-refractivity contribution in [3.05, 3.63) is 28.8 Å². The molecule has 2 aliphatic rings. The number of hydrogen-bond acceptors (Lipinski definition) is 3. The maximum absolute atomic E-state index is 12.2. The van der Waals surface area contributed by atoms with Crippen LogP contribution >= 0.6 is 23.4 Å². The second-order valence-electron chi connectivity index (χ2n) is 4.83. The van der Waals surface area contributed by atoms with E-state index in [1.807, 2.05) is 18.4 Å². The summed E-state index contributed by atoms with van der Waals surface area (Å²) in [5.41, 5.74) is 0.585. The first kappa shape index (κ1) is 12.3. The third-order valence-electron chi connectivity index (χ3n) is 3.81. The average Bonchev–Trinajstić information content (AvgIpc) is 2.82. The fraction of sp³-hybridized carbons (Fsp3) is 0.462. The Kier molecular flexibility index (Phi) is 3.26. The smallest absolute Gasteiger partial charge is 0.253 e. The van der Waals surface area contributed by atoms with Crippen LogP contribution in [-0.2, 0) is 0 Å². The van der Waals surface area contributed by atoms with Crippen LogP contribution in [0.2, 0.25) is 5.02 Å². The molecule has 2 N–H and O–H groups in total. The maximum Gasteiger partial charge on any atom is 0.253 e. The molecule has 3 nitrogen and oxygen atoms in total. The zero-order valence-corrected chi connectivity index (χ0v) is 11.6. The molecule has 2 unspecified atom stereocenters. The van der Waals surface area contributed by atoms with Gasteiger partial charge in [0.25, 0.3) is 5.91 Å². The average molecular weight is 283 g/mol. The lowest BCUT2D eigenvalue weighted by Crippen LogP contribution is -2.32. The molecule has 1 aromatic rings. The Labute approximate surface area is 116 Å². The van der Waals surface area contributed by atoms with Crippen molar-refractivity contribution in [3.63, 3.8) is 0 Å². The van der Waals surface area contributed by atoms with Crippen molar-refractivity contribution in [1.82, 2.24) is 10.6 Å². The van der Waals surface area contributed by atoms with Crippen LogP contribution in [0.15, 0.2) is 23.1 Å². The van der Waals surface area contributed by atoms with Crippen LogP contribution < -0.4 is 10.6 Å². The van der Waals surface area contributed by atoms with Crippen LogP contribution in [0.4, 0.5) is 0 Å². The Bertz CT molecular complexity index is 484. The zero-order valence-electron chi connectivity index (χ0n) is 10.1. The summed E-state index contributed by atoms with van der Waals surface area (Å²) < 4.78 is 0. The predicted molar refractivity (Wildman–Crippen MR) is 74.3 cm³/mol. The van der Waals surface area contributed by atoms with E-state index in [9.17, 15) is 4.79 Å². The van der Waals surface area contributed by atoms with Gasteiger partial charge in [-0.1, -0.05) is 11.6 Å². The summed E-state index contributed by atoms with van der Waals surface area (Å²) in [6.45, 7) is 2.04. The van der Waals surface area contributed by atoms with E-state index in [0.29, 0.717) is 28.5 Å². The number of fused-ring (bicyclic) bond motifs is 1. The van der Waals surface area contributed by atoms with Crippen molar-refractivity contribution >= 4 is 29.3 Å². The summed E-state index contributed by atoms with van der Waals surface area (Å²) in [5, 5.41) is 6.93. The van der Waals surface area contributed by atoms with E-state index in [1.54, 1.807) is 17.8 Å². The molecule has 1 saturated carbocycles. The second-order valence-corrected chi connectivity index (χ2v) is 6.12. The van der Waals surface area contributed by atoms with Crippen molar-refractivity contribution < 1.29 is 4.79 Å². The SMILES string of the molecule is CSc1ccc(Cl)c(C(=O)NC2C3CNCC32)c1. The van der Waals surface area contributed by atoms with Gasteiger partial charge in [0.1, 0.15) is 0 Å². The molecule has 2 fully saturated rings. The summed E-state index contributed by atoms with van der Waals surface area (Å²) in [6.07, 6.45) is 1.99.